The molecule has 0 aromatic rings. The van der Waals surface area contributed by atoms with E-state index in [2.05, 4.69) is 5.32 Å². The molecule has 1 saturated heterocycles. The SMILES string of the molecule is NCCC1C[N]CO1. The van der Waals surface area contributed by atoms with E-state index in [9.17, 15) is 0 Å². The Labute approximate surface area is 49.2 Å². The number of ether oxygens (including phenoxy) is 1. The van der Waals surface area contributed by atoms with Crippen molar-refractivity contribution in [2.45, 2.75) is 12.5 Å². The first kappa shape index (κ1) is 6.01. The van der Waals surface area contributed by atoms with Crippen LogP contribution in [0.5, 0.6) is 0 Å². The van der Waals surface area contributed by atoms with Gasteiger partial charge in [0, 0.05) is 6.54 Å². The maximum absolute atomic E-state index is 5.29. The van der Waals surface area contributed by atoms with E-state index < -0.39 is 0 Å². The summed E-state index contributed by atoms with van der Waals surface area (Å²) in [5.41, 5.74) is 5.29. The minimum Gasteiger partial charge on any atom is -0.360 e. The molecule has 1 heterocycles. The van der Waals surface area contributed by atoms with Gasteiger partial charge in [0.2, 0.25) is 0 Å². The fourth-order valence-corrected chi connectivity index (χ4v) is 0.768. The van der Waals surface area contributed by atoms with Gasteiger partial charge in [-0.3, -0.25) is 0 Å². The Morgan fingerprint density at radius 3 is 3.12 bits per heavy atom. The molecule has 0 amide bonds. The molecule has 0 saturated carbocycles. The molecule has 1 aliphatic heterocycles. The molecule has 1 atom stereocenters. The second kappa shape index (κ2) is 3.02. The summed E-state index contributed by atoms with van der Waals surface area (Å²) in [6, 6.07) is 0. The van der Waals surface area contributed by atoms with E-state index in [-0.39, 0.29) is 0 Å². The van der Waals surface area contributed by atoms with Crippen molar-refractivity contribution in [1.29, 1.82) is 0 Å². The van der Waals surface area contributed by atoms with Gasteiger partial charge in [-0.15, -0.1) is 0 Å². The topological polar surface area (TPSA) is 49.4 Å². The Kier molecular flexibility index (Phi) is 2.27. The van der Waals surface area contributed by atoms with Crippen molar-refractivity contribution in [2.75, 3.05) is 19.8 Å². The number of hydrogen-bond acceptors (Lipinski definition) is 2. The molecular weight excluding hydrogens is 104 g/mol. The van der Waals surface area contributed by atoms with Crippen LogP contribution in [-0.2, 0) is 4.74 Å². The van der Waals surface area contributed by atoms with Crippen LogP contribution in [0.15, 0.2) is 0 Å². The van der Waals surface area contributed by atoms with Gasteiger partial charge in [0.1, 0.15) is 6.73 Å². The van der Waals surface area contributed by atoms with Crippen LogP contribution in [0.1, 0.15) is 6.42 Å². The zero-order chi connectivity index (χ0) is 5.82. The standard InChI is InChI=1S/C5H11N2O/c6-2-1-5-3-7-4-8-5/h5H,1-4,6H2. The minimum atomic E-state index is 0.319. The summed E-state index contributed by atoms with van der Waals surface area (Å²) in [5.74, 6) is 0. The summed E-state index contributed by atoms with van der Waals surface area (Å²) < 4.78 is 5.15. The second-order valence-electron chi connectivity index (χ2n) is 1.90. The lowest BCUT2D eigenvalue weighted by Gasteiger charge is -2.02. The van der Waals surface area contributed by atoms with Gasteiger partial charge in [-0.05, 0) is 13.0 Å². The van der Waals surface area contributed by atoms with E-state index in [4.69, 9.17) is 10.5 Å². The highest BCUT2D eigenvalue weighted by molar-refractivity contribution is 4.65. The number of hydrogen-bond donors (Lipinski definition) is 1. The summed E-state index contributed by atoms with van der Waals surface area (Å²) in [6.45, 7) is 2.13. The summed E-state index contributed by atoms with van der Waals surface area (Å²) >= 11 is 0. The molecule has 1 radical (unpaired) electrons. The van der Waals surface area contributed by atoms with Gasteiger partial charge in [-0.25, -0.2) is 5.32 Å². The third kappa shape index (κ3) is 1.43. The van der Waals surface area contributed by atoms with Crippen LogP contribution in [0.3, 0.4) is 0 Å². The normalized spacial score (nSPS) is 28.9. The van der Waals surface area contributed by atoms with Crippen LogP contribution < -0.4 is 11.1 Å². The molecule has 1 unspecified atom stereocenters. The molecule has 1 rings (SSSR count). The third-order valence-corrected chi connectivity index (χ3v) is 1.22. The lowest BCUT2D eigenvalue weighted by atomic mass is 10.3. The van der Waals surface area contributed by atoms with Crippen molar-refractivity contribution < 1.29 is 4.74 Å². The zero-order valence-corrected chi connectivity index (χ0v) is 4.84. The highest BCUT2D eigenvalue weighted by Crippen LogP contribution is 2.00. The van der Waals surface area contributed by atoms with Gasteiger partial charge in [-0.2, -0.15) is 0 Å². The fraction of sp³-hybridized carbons (Fsp3) is 1.00. The maximum atomic E-state index is 5.29. The summed E-state index contributed by atoms with van der Waals surface area (Å²) in [5, 5.41) is 4.01. The van der Waals surface area contributed by atoms with Crippen molar-refractivity contribution in [1.82, 2.24) is 5.32 Å². The number of rotatable bonds is 2. The van der Waals surface area contributed by atoms with Crippen molar-refractivity contribution in [3.8, 4) is 0 Å². The van der Waals surface area contributed by atoms with E-state index in [0.717, 1.165) is 13.0 Å². The Hall–Kier alpha value is -0.120. The van der Waals surface area contributed by atoms with E-state index in [1.54, 1.807) is 0 Å². The fourth-order valence-electron chi connectivity index (χ4n) is 0.768. The third-order valence-electron chi connectivity index (χ3n) is 1.22. The van der Waals surface area contributed by atoms with E-state index in [0.29, 0.717) is 19.4 Å². The Bertz CT molecular complexity index is 61.4. The second-order valence-corrected chi connectivity index (χ2v) is 1.90. The summed E-state index contributed by atoms with van der Waals surface area (Å²) in [4.78, 5) is 0. The van der Waals surface area contributed by atoms with Crippen LogP contribution in [0.4, 0.5) is 0 Å². The molecule has 1 fully saturated rings. The molecule has 0 aromatic heterocycles. The first-order valence-corrected chi connectivity index (χ1v) is 2.88. The molecule has 1 aliphatic rings. The molecule has 47 valence electrons. The van der Waals surface area contributed by atoms with Gasteiger partial charge in [-0.1, -0.05) is 0 Å². The monoisotopic (exact) mass is 115 g/mol. The largest absolute Gasteiger partial charge is 0.360 e. The molecule has 3 heteroatoms. The lowest BCUT2D eigenvalue weighted by molar-refractivity contribution is 0.108. The summed E-state index contributed by atoms with van der Waals surface area (Å²) in [7, 11) is 0. The Morgan fingerprint density at radius 2 is 2.62 bits per heavy atom. The van der Waals surface area contributed by atoms with Crippen LogP contribution >= 0.6 is 0 Å². The predicted molar refractivity (Wildman–Crippen MR) is 30.4 cm³/mol. The highest BCUT2D eigenvalue weighted by Gasteiger charge is 2.13. The summed E-state index contributed by atoms with van der Waals surface area (Å²) in [6.07, 6.45) is 1.27. The highest BCUT2D eigenvalue weighted by atomic mass is 16.5. The Balaban J connectivity index is 2.06. The van der Waals surface area contributed by atoms with Crippen molar-refractivity contribution in [2.24, 2.45) is 5.73 Å². The van der Waals surface area contributed by atoms with E-state index in [1.807, 2.05) is 0 Å². The van der Waals surface area contributed by atoms with Gasteiger partial charge in [0.05, 0.1) is 6.10 Å². The molecule has 0 aromatic carbocycles. The van der Waals surface area contributed by atoms with Gasteiger partial charge in [0.15, 0.2) is 0 Å². The van der Waals surface area contributed by atoms with Crippen molar-refractivity contribution in [3.05, 3.63) is 0 Å². The minimum absolute atomic E-state index is 0.319. The van der Waals surface area contributed by atoms with Gasteiger partial charge < -0.3 is 10.5 Å². The predicted octanol–water partition coefficient (Wildman–Crippen LogP) is -0.704. The quantitative estimate of drug-likeness (QED) is 0.517. The average Bonchev–Trinajstić information content (AvgIpc) is 2.19. The van der Waals surface area contributed by atoms with Crippen LogP contribution in [-0.4, -0.2) is 25.9 Å². The van der Waals surface area contributed by atoms with Crippen LogP contribution in [0.2, 0.25) is 0 Å². The van der Waals surface area contributed by atoms with Crippen molar-refractivity contribution >= 4 is 0 Å². The zero-order valence-electron chi connectivity index (χ0n) is 4.84. The van der Waals surface area contributed by atoms with E-state index >= 15 is 0 Å². The molecule has 0 bridgehead atoms. The van der Waals surface area contributed by atoms with Gasteiger partial charge in [0.25, 0.3) is 0 Å². The maximum Gasteiger partial charge on any atom is 0.113 e. The molecule has 0 aliphatic carbocycles. The number of nitrogens with two attached hydrogens (primary N) is 1. The van der Waals surface area contributed by atoms with Gasteiger partial charge >= 0.3 is 0 Å². The first-order chi connectivity index (χ1) is 3.93. The van der Waals surface area contributed by atoms with E-state index in [1.165, 1.54) is 0 Å². The number of nitrogens with zero attached hydrogens (tertiary/aromatic N) is 1. The smallest absolute Gasteiger partial charge is 0.113 e. The molecular formula is C5H11N2O. The Morgan fingerprint density at radius 1 is 1.75 bits per heavy atom. The van der Waals surface area contributed by atoms with Crippen LogP contribution in [0, 0.1) is 0 Å². The molecule has 3 nitrogen and oxygen atoms in total. The lowest BCUT2D eigenvalue weighted by Crippen LogP contribution is -2.15. The molecule has 2 N–H and O–H groups in total. The average molecular weight is 115 g/mol. The van der Waals surface area contributed by atoms with Crippen LogP contribution in [0.25, 0.3) is 0 Å². The molecule has 0 spiro atoms. The molecule has 8 heavy (non-hydrogen) atoms. The van der Waals surface area contributed by atoms with Crippen molar-refractivity contribution in [3.63, 3.8) is 0 Å². The first-order valence-electron chi connectivity index (χ1n) is 2.88.